The SMILES string of the molecule is CC1(C)c2cc3c(cc2-c2c1ccc1ccccc21)C(C)(C)c1c-3cc2ccc3cccc4ccc1c2c34. The van der Waals surface area contributed by atoms with Crippen LogP contribution >= 0.6 is 0 Å². The van der Waals surface area contributed by atoms with Gasteiger partial charge in [-0.1, -0.05) is 107 Å². The van der Waals surface area contributed by atoms with Gasteiger partial charge >= 0.3 is 0 Å². The molecule has 0 amide bonds. The van der Waals surface area contributed by atoms with E-state index in [4.69, 9.17) is 0 Å². The van der Waals surface area contributed by atoms with Gasteiger partial charge in [0, 0.05) is 10.8 Å². The molecular formula is C38H28. The second kappa shape index (κ2) is 6.45. The van der Waals surface area contributed by atoms with Gasteiger partial charge in [-0.2, -0.15) is 0 Å². The van der Waals surface area contributed by atoms with E-state index in [0.29, 0.717) is 0 Å². The van der Waals surface area contributed by atoms with Crippen molar-refractivity contribution < 1.29 is 0 Å². The van der Waals surface area contributed by atoms with E-state index in [-0.39, 0.29) is 10.8 Å². The molecule has 7 aromatic carbocycles. The fourth-order valence-electron chi connectivity index (χ4n) is 8.12. The van der Waals surface area contributed by atoms with E-state index in [1.807, 2.05) is 0 Å². The molecule has 0 saturated carbocycles. The van der Waals surface area contributed by atoms with E-state index in [2.05, 4.69) is 125 Å². The molecule has 0 atom stereocenters. The van der Waals surface area contributed by atoms with Crippen LogP contribution in [-0.4, -0.2) is 0 Å². The first-order chi connectivity index (χ1) is 18.4. The molecule has 9 rings (SSSR count). The zero-order chi connectivity index (χ0) is 25.6. The summed E-state index contributed by atoms with van der Waals surface area (Å²) in [6.07, 6.45) is 0. The number of fused-ring (bicyclic) bond motifs is 9. The Balaban J connectivity index is 1.41. The normalized spacial score (nSPS) is 16.3. The van der Waals surface area contributed by atoms with Gasteiger partial charge in [0.1, 0.15) is 0 Å². The molecule has 0 nitrogen and oxygen atoms in total. The lowest BCUT2D eigenvalue weighted by Gasteiger charge is -2.25. The Labute approximate surface area is 222 Å². The maximum Gasteiger partial charge on any atom is 0.0165 e. The molecule has 0 saturated heterocycles. The first kappa shape index (κ1) is 20.8. The molecule has 2 aliphatic rings. The lowest BCUT2D eigenvalue weighted by molar-refractivity contribution is 0.654. The summed E-state index contributed by atoms with van der Waals surface area (Å²) in [5.41, 5.74) is 11.4. The minimum absolute atomic E-state index is 0.0350. The van der Waals surface area contributed by atoms with E-state index >= 15 is 0 Å². The Morgan fingerprint density at radius 1 is 0.421 bits per heavy atom. The standard InChI is InChI=1S/C38H28/c1-37(2)30-17-15-21-8-5-6-11-25(21)35(30)29-20-31-27(19-32(29)37)28-18-24-13-12-22-9-7-10-23-14-16-26(34(24)33(22)23)36(28)38(31,3)4/h5-20H,1-4H3. The lowest BCUT2D eigenvalue weighted by Crippen LogP contribution is -2.17. The Hall–Kier alpha value is -4.16. The number of rotatable bonds is 0. The largest absolute Gasteiger partial charge is 0.0616 e. The van der Waals surface area contributed by atoms with Gasteiger partial charge in [0.15, 0.2) is 0 Å². The Morgan fingerprint density at radius 3 is 1.92 bits per heavy atom. The summed E-state index contributed by atoms with van der Waals surface area (Å²) in [4.78, 5) is 0. The van der Waals surface area contributed by atoms with Crippen molar-refractivity contribution in [2.75, 3.05) is 0 Å². The lowest BCUT2D eigenvalue weighted by atomic mass is 9.77. The van der Waals surface area contributed by atoms with Crippen molar-refractivity contribution in [2.45, 2.75) is 38.5 Å². The van der Waals surface area contributed by atoms with Crippen LogP contribution in [0.3, 0.4) is 0 Å². The fourth-order valence-corrected chi connectivity index (χ4v) is 8.12. The Morgan fingerprint density at radius 2 is 1.08 bits per heavy atom. The van der Waals surface area contributed by atoms with Gasteiger partial charge in [0.05, 0.1) is 0 Å². The van der Waals surface area contributed by atoms with Crippen LogP contribution in [0.15, 0.2) is 97.1 Å². The molecule has 0 heterocycles. The highest BCUT2D eigenvalue weighted by Crippen LogP contribution is 2.59. The van der Waals surface area contributed by atoms with Crippen molar-refractivity contribution >= 4 is 43.1 Å². The smallest absolute Gasteiger partial charge is 0.0165 e. The fraction of sp³-hybridized carbons (Fsp3) is 0.158. The van der Waals surface area contributed by atoms with Gasteiger partial charge in [-0.3, -0.25) is 0 Å². The minimum Gasteiger partial charge on any atom is -0.0616 e. The Kier molecular flexibility index (Phi) is 3.54. The van der Waals surface area contributed by atoms with E-state index in [9.17, 15) is 0 Å². The molecule has 0 spiro atoms. The van der Waals surface area contributed by atoms with Crippen molar-refractivity contribution in [3.05, 3.63) is 119 Å². The minimum atomic E-state index is -0.0838. The highest BCUT2D eigenvalue weighted by atomic mass is 14.5. The quantitative estimate of drug-likeness (QED) is 0.188. The molecule has 0 unspecified atom stereocenters. The molecule has 0 N–H and O–H groups in total. The maximum absolute atomic E-state index is 2.55. The van der Waals surface area contributed by atoms with Gasteiger partial charge in [-0.05, 0) is 106 Å². The van der Waals surface area contributed by atoms with Crippen LogP contribution in [0.25, 0.3) is 65.3 Å². The molecule has 0 radical (unpaired) electrons. The van der Waals surface area contributed by atoms with Crippen molar-refractivity contribution in [1.29, 1.82) is 0 Å². The predicted octanol–water partition coefficient (Wildman–Crippen LogP) is 10.3. The van der Waals surface area contributed by atoms with Crippen LogP contribution in [0.2, 0.25) is 0 Å². The summed E-state index contributed by atoms with van der Waals surface area (Å²) in [5, 5.41) is 10.9. The summed E-state index contributed by atoms with van der Waals surface area (Å²) in [5.74, 6) is 0. The van der Waals surface area contributed by atoms with Crippen LogP contribution in [0.5, 0.6) is 0 Å². The van der Waals surface area contributed by atoms with Crippen molar-refractivity contribution in [3.8, 4) is 22.3 Å². The first-order valence-electron chi connectivity index (χ1n) is 13.8. The molecule has 0 aromatic heterocycles. The van der Waals surface area contributed by atoms with E-state index in [1.54, 1.807) is 0 Å². The van der Waals surface area contributed by atoms with Crippen LogP contribution in [0.1, 0.15) is 49.9 Å². The van der Waals surface area contributed by atoms with Gasteiger partial charge in [-0.15, -0.1) is 0 Å². The van der Waals surface area contributed by atoms with Gasteiger partial charge < -0.3 is 0 Å². The molecule has 0 heteroatoms. The summed E-state index contributed by atoms with van der Waals surface area (Å²) < 4.78 is 0. The zero-order valence-corrected chi connectivity index (χ0v) is 22.2. The van der Waals surface area contributed by atoms with E-state index in [0.717, 1.165) is 0 Å². The van der Waals surface area contributed by atoms with Crippen LogP contribution in [0, 0.1) is 0 Å². The summed E-state index contributed by atoms with van der Waals surface area (Å²) in [6.45, 7) is 9.68. The average Bonchev–Trinajstić information content (AvgIpc) is 3.29. The summed E-state index contributed by atoms with van der Waals surface area (Å²) >= 11 is 0. The molecule has 2 aliphatic carbocycles. The van der Waals surface area contributed by atoms with Crippen LogP contribution in [-0.2, 0) is 10.8 Å². The highest BCUT2D eigenvalue weighted by molar-refractivity contribution is 6.25. The molecule has 7 aromatic rings. The van der Waals surface area contributed by atoms with Crippen molar-refractivity contribution in [1.82, 2.24) is 0 Å². The highest BCUT2D eigenvalue weighted by Gasteiger charge is 2.43. The molecule has 0 bridgehead atoms. The van der Waals surface area contributed by atoms with Crippen LogP contribution < -0.4 is 0 Å². The number of hydrogen-bond donors (Lipinski definition) is 0. The second-order valence-electron chi connectivity index (χ2n) is 12.6. The molecule has 0 fully saturated rings. The van der Waals surface area contributed by atoms with Crippen LogP contribution in [0.4, 0.5) is 0 Å². The second-order valence-corrected chi connectivity index (χ2v) is 12.6. The molecular weight excluding hydrogens is 456 g/mol. The molecule has 38 heavy (non-hydrogen) atoms. The Bertz CT molecular complexity index is 2150. The first-order valence-corrected chi connectivity index (χ1v) is 13.8. The maximum atomic E-state index is 2.55. The van der Waals surface area contributed by atoms with Gasteiger partial charge in [-0.25, -0.2) is 0 Å². The van der Waals surface area contributed by atoms with Crippen molar-refractivity contribution in [2.24, 2.45) is 0 Å². The predicted molar refractivity (Wildman–Crippen MR) is 163 cm³/mol. The molecule has 0 aliphatic heterocycles. The topological polar surface area (TPSA) is 0 Å². The van der Waals surface area contributed by atoms with Gasteiger partial charge in [0.25, 0.3) is 0 Å². The van der Waals surface area contributed by atoms with Gasteiger partial charge in [0.2, 0.25) is 0 Å². The third kappa shape index (κ3) is 2.26. The van der Waals surface area contributed by atoms with E-state index in [1.165, 1.54) is 87.6 Å². The molecule has 180 valence electrons. The third-order valence-corrected chi connectivity index (χ3v) is 9.94. The third-order valence-electron chi connectivity index (χ3n) is 9.94. The summed E-state index contributed by atoms with van der Waals surface area (Å²) in [6, 6.07) is 37.2. The van der Waals surface area contributed by atoms with E-state index < -0.39 is 0 Å². The summed E-state index contributed by atoms with van der Waals surface area (Å²) in [7, 11) is 0. The average molecular weight is 485 g/mol. The number of benzene rings is 7. The number of hydrogen-bond acceptors (Lipinski definition) is 0. The monoisotopic (exact) mass is 484 g/mol. The zero-order valence-electron chi connectivity index (χ0n) is 22.2. The van der Waals surface area contributed by atoms with Crippen molar-refractivity contribution in [3.63, 3.8) is 0 Å².